The van der Waals surface area contributed by atoms with Crippen LogP contribution in [-0.4, -0.2) is 56.2 Å². The number of hydrogen-bond acceptors (Lipinski definition) is 5. The number of amides is 1. The second-order valence-corrected chi connectivity index (χ2v) is 7.39. The van der Waals surface area contributed by atoms with Gasteiger partial charge >= 0.3 is 0 Å². The van der Waals surface area contributed by atoms with Crippen LogP contribution in [0.2, 0.25) is 0 Å². The van der Waals surface area contributed by atoms with E-state index in [1.54, 1.807) is 0 Å². The number of rotatable bonds is 4. The lowest BCUT2D eigenvalue weighted by Gasteiger charge is -2.38. The monoisotopic (exact) mass is 381 g/mol. The normalized spacial score (nSPS) is 17.9. The van der Waals surface area contributed by atoms with Crippen LogP contribution in [0, 0.1) is 6.92 Å². The van der Waals surface area contributed by atoms with Crippen LogP contribution in [0.3, 0.4) is 0 Å². The van der Waals surface area contributed by atoms with Gasteiger partial charge in [0.2, 0.25) is 5.91 Å². The maximum Gasteiger partial charge on any atom is 0.241 e. The molecule has 0 spiro atoms. The van der Waals surface area contributed by atoms with Gasteiger partial charge in [-0.3, -0.25) is 9.69 Å². The first-order valence-corrected chi connectivity index (χ1v) is 9.86. The molecule has 1 atom stereocenters. The van der Waals surface area contributed by atoms with Crippen LogP contribution in [0.1, 0.15) is 12.5 Å². The number of anilines is 2. The van der Waals surface area contributed by atoms with Gasteiger partial charge in [-0.05, 0) is 43.7 Å². The van der Waals surface area contributed by atoms with Crippen molar-refractivity contribution < 1.29 is 14.3 Å². The van der Waals surface area contributed by atoms with Crippen molar-refractivity contribution in [2.24, 2.45) is 0 Å². The van der Waals surface area contributed by atoms with Gasteiger partial charge < -0.3 is 19.7 Å². The Bertz CT molecular complexity index is 847. The zero-order valence-corrected chi connectivity index (χ0v) is 16.5. The number of carbonyl (C=O) groups excluding carboxylic acids is 1. The number of carbonyl (C=O) groups is 1. The first kappa shape index (κ1) is 18.6. The number of fused-ring (bicyclic) bond motifs is 1. The van der Waals surface area contributed by atoms with Gasteiger partial charge in [0.05, 0.1) is 6.04 Å². The molecule has 0 radical (unpaired) electrons. The fourth-order valence-corrected chi connectivity index (χ4v) is 3.73. The summed E-state index contributed by atoms with van der Waals surface area (Å²) in [5, 5.41) is 3.01. The van der Waals surface area contributed by atoms with Crippen molar-refractivity contribution in [3.63, 3.8) is 0 Å². The molecule has 2 aromatic carbocycles. The minimum atomic E-state index is -0.187. The Morgan fingerprint density at radius 2 is 1.75 bits per heavy atom. The van der Waals surface area contributed by atoms with Crippen LogP contribution in [-0.2, 0) is 4.79 Å². The third kappa shape index (κ3) is 4.07. The van der Waals surface area contributed by atoms with Crippen molar-refractivity contribution >= 4 is 17.3 Å². The summed E-state index contributed by atoms with van der Waals surface area (Å²) in [5.41, 5.74) is 3.26. The molecule has 0 aromatic heterocycles. The topological polar surface area (TPSA) is 54.0 Å². The van der Waals surface area contributed by atoms with Gasteiger partial charge in [0.25, 0.3) is 0 Å². The Morgan fingerprint density at radius 3 is 2.50 bits per heavy atom. The van der Waals surface area contributed by atoms with Crippen LogP contribution >= 0.6 is 0 Å². The largest absolute Gasteiger partial charge is 0.486 e. The first-order chi connectivity index (χ1) is 13.6. The second kappa shape index (κ2) is 8.10. The molecule has 1 N–H and O–H groups in total. The summed E-state index contributed by atoms with van der Waals surface area (Å²) >= 11 is 0. The highest BCUT2D eigenvalue weighted by Crippen LogP contribution is 2.32. The smallest absolute Gasteiger partial charge is 0.241 e. The minimum absolute atomic E-state index is 0.000633. The molecule has 0 aliphatic carbocycles. The van der Waals surface area contributed by atoms with Gasteiger partial charge in [-0.2, -0.15) is 0 Å². The highest BCUT2D eigenvalue weighted by atomic mass is 16.6. The lowest BCUT2D eigenvalue weighted by molar-refractivity contribution is -0.120. The highest BCUT2D eigenvalue weighted by molar-refractivity contribution is 5.94. The number of piperazine rings is 1. The summed E-state index contributed by atoms with van der Waals surface area (Å²) in [6, 6.07) is 13.9. The van der Waals surface area contributed by atoms with Crippen LogP contribution in [0.15, 0.2) is 42.5 Å². The molecular weight excluding hydrogens is 354 g/mol. The highest BCUT2D eigenvalue weighted by Gasteiger charge is 2.26. The molecule has 1 saturated heterocycles. The van der Waals surface area contributed by atoms with Gasteiger partial charge in [0, 0.05) is 43.6 Å². The average molecular weight is 381 g/mol. The Labute approximate surface area is 166 Å². The van der Waals surface area contributed by atoms with Crippen molar-refractivity contribution in [1.29, 1.82) is 0 Å². The standard InChI is InChI=1S/C22H27N3O3/c1-16-4-3-5-19(14-16)25-10-8-24(9-11-25)17(2)22(26)23-18-6-7-20-21(15-18)28-13-12-27-20/h3-7,14-15,17H,8-13H2,1-2H3,(H,23,26). The first-order valence-electron chi connectivity index (χ1n) is 9.86. The lowest BCUT2D eigenvalue weighted by Crippen LogP contribution is -2.52. The summed E-state index contributed by atoms with van der Waals surface area (Å²) in [4.78, 5) is 17.4. The van der Waals surface area contributed by atoms with Gasteiger partial charge in [0.1, 0.15) is 13.2 Å². The summed E-state index contributed by atoms with van der Waals surface area (Å²) in [5.74, 6) is 1.41. The van der Waals surface area contributed by atoms with E-state index < -0.39 is 0 Å². The summed E-state index contributed by atoms with van der Waals surface area (Å²) in [6.45, 7) is 8.75. The van der Waals surface area contributed by atoms with Crippen LogP contribution in [0.25, 0.3) is 0 Å². The molecule has 1 unspecified atom stereocenters. The van der Waals surface area contributed by atoms with Gasteiger partial charge in [-0.1, -0.05) is 12.1 Å². The third-order valence-electron chi connectivity index (χ3n) is 5.42. The second-order valence-electron chi connectivity index (χ2n) is 7.39. The van der Waals surface area contributed by atoms with E-state index in [9.17, 15) is 4.79 Å². The number of hydrogen-bond donors (Lipinski definition) is 1. The maximum absolute atomic E-state index is 12.7. The Kier molecular flexibility index (Phi) is 5.39. The molecule has 2 aliphatic heterocycles. The van der Waals surface area contributed by atoms with E-state index in [4.69, 9.17) is 9.47 Å². The number of aryl methyl sites for hydroxylation is 1. The van der Waals surface area contributed by atoms with E-state index in [0.717, 1.165) is 37.6 Å². The van der Waals surface area contributed by atoms with Gasteiger partial charge in [-0.25, -0.2) is 0 Å². The molecule has 28 heavy (non-hydrogen) atoms. The molecule has 0 bridgehead atoms. The Hall–Kier alpha value is -2.73. The Balaban J connectivity index is 1.33. The molecule has 4 rings (SSSR count). The van der Waals surface area contributed by atoms with Crippen LogP contribution in [0.5, 0.6) is 11.5 Å². The van der Waals surface area contributed by atoms with E-state index in [-0.39, 0.29) is 11.9 Å². The molecule has 148 valence electrons. The molecule has 0 saturated carbocycles. The van der Waals surface area contributed by atoms with Crippen molar-refractivity contribution in [2.45, 2.75) is 19.9 Å². The third-order valence-corrected chi connectivity index (χ3v) is 5.42. The number of ether oxygens (including phenoxy) is 2. The van der Waals surface area contributed by atoms with E-state index in [2.05, 4.69) is 46.3 Å². The number of nitrogens with zero attached hydrogens (tertiary/aromatic N) is 2. The zero-order chi connectivity index (χ0) is 19.5. The SMILES string of the molecule is Cc1cccc(N2CCN(C(C)C(=O)Nc3ccc4c(c3)OCCO4)CC2)c1. The molecule has 6 heteroatoms. The minimum Gasteiger partial charge on any atom is -0.486 e. The van der Waals surface area contributed by atoms with E-state index in [1.165, 1.54) is 11.3 Å². The van der Waals surface area contributed by atoms with Crippen LogP contribution < -0.4 is 19.7 Å². The molecule has 2 aliphatic rings. The van der Waals surface area contributed by atoms with Gasteiger partial charge in [-0.15, -0.1) is 0 Å². The molecule has 1 fully saturated rings. The predicted molar refractivity (Wildman–Crippen MR) is 110 cm³/mol. The average Bonchev–Trinajstić information content (AvgIpc) is 2.73. The molecule has 1 amide bonds. The molecule has 2 aromatic rings. The van der Waals surface area contributed by atoms with Crippen molar-refractivity contribution in [1.82, 2.24) is 4.90 Å². The van der Waals surface area contributed by atoms with Crippen LogP contribution in [0.4, 0.5) is 11.4 Å². The molecule has 2 heterocycles. The number of benzene rings is 2. The molecule has 6 nitrogen and oxygen atoms in total. The van der Waals surface area contributed by atoms with Crippen molar-refractivity contribution in [2.75, 3.05) is 49.6 Å². The summed E-state index contributed by atoms with van der Waals surface area (Å²) in [6.07, 6.45) is 0. The number of nitrogens with one attached hydrogen (secondary N) is 1. The summed E-state index contributed by atoms with van der Waals surface area (Å²) < 4.78 is 11.1. The lowest BCUT2D eigenvalue weighted by atomic mass is 10.1. The fourth-order valence-electron chi connectivity index (χ4n) is 3.73. The van der Waals surface area contributed by atoms with E-state index in [1.807, 2.05) is 25.1 Å². The van der Waals surface area contributed by atoms with Crippen molar-refractivity contribution in [3.05, 3.63) is 48.0 Å². The predicted octanol–water partition coefficient (Wildman–Crippen LogP) is 2.92. The fraction of sp³-hybridized carbons (Fsp3) is 0.409. The van der Waals surface area contributed by atoms with E-state index >= 15 is 0 Å². The Morgan fingerprint density at radius 1 is 1.00 bits per heavy atom. The van der Waals surface area contributed by atoms with Gasteiger partial charge in [0.15, 0.2) is 11.5 Å². The molecular formula is C22H27N3O3. The zero-order valence-electron chi connectivity index (χ0n) is 16.5. The maximum atomic E-state index is 12.7. The van der Waals surface area contributed by atoms with E-state index in [0.29, 0.717) is 19.0 Å². The quantitative estimate of drug-likeness (QED) is 0.883. The summed E-state index contributed by atoms with van der Waals surface area (Å²) in [7, 11) is 0. The van der Waals surface area contributed by atoms with Crippen molar-refractivity contribution in [3.8, 4) is 11.5 Å².